The molecule has 0 aromatic carbocycles. The van der Waals surface area contributed by atoms with Crippen LogP contribution >= 0.6 is 0 Å². The van der Waals surface area contributed by atoms with Gasteiger partial charge in [-0.25, -0.2) is 0 Å². The van der Waals surface area contributed by atoms with Gasteiger partial charge in [-0.15, -0.1) is 0 Å². The van der Waals surface area contributed by atoms with E-state index in [0.29, 0.717) is 0 Å². The summed E-state index contributed by atoms with van der Waals surface area (Å²) in [5.41, 5.74) is 1.31. The number of nitrogens with zero attached hydrogens (tertiary/aromatic N) is 1. The summed E-state index contributed by atoms with van der Waals surface area (Å²) in [5, 5.41) is 8.84. The summed E-state index contributed by atoms with van der Waals surface area (Å²) in [6.45, 7) is 4.02. The van der Waals surface area contributed by atoms with Crippen LogP contribution in [-0.2, 0) is 0 Å². The Bertz CT molecular complexity index is 232. The van der Waals surface area contributed by atoms with E-state index in [2.05, 4.69) is 12.6 Å². The number of nitriles is 1. The molecule has 64 valence electrons. The highest BCUT2D eigenvalue weighted by molar-refractivity contribution is 5.08. The fourth-order valence-electron chi connectivity index (χ4n) is 2.36. The Kier molecular flexibility index (Phi) is 1.92. The van der Waals surface area contributed by atoms with Crippen molar-refractivity contribution in [3.63, 3.8) is 0 Å². The van der Waals surface area contributed by atoms with Crippen molar-refractivity contribution in [2.24, 2.45) is 17.8 Å². The maximum Gasteiger partial charge on any atom is 0.0659 e. The molecule has 0 bridgehead atoms. The molecule has 0 spiro atoms. The lowest BCUT2D eigenvalue weighted by atomic mass is 9.77. The quantitative estimate of drug-likeness (QED) is 0.542. The minimum Gasteiger partial charge on any atom is -0.198 e. The van der Waals surface area contributed by atoms with Crippen LogP contribution in [0.15, 0.2) is 12.2 Å². The number of allylic oxidation sites excluding steroid dienone is 1. The van der Waals surface area contributed by atoms with Crippen LogP contribution in [0.2, 0.25) is 0 Å². The van der Waals surface area contributed by atoms with E-state index >= 15 is 0 Å². The van der Waals surface area contributed by atoms with Crippen molar-refractivity contribution in [3.05, 3.63) is 12.2 Å². The maximum absolute atomic E-state index is 8.84. The van der Waals surface area contributed by atoms with Crippen LogP contribution in [0, 0.1) is 29.1 Å². The van der Waals surface area contributed by atoms with Gasteiger partial charge in [0.05, 0.1) is 12.0 Å². The van der Waals surface area contributed by atoms with Crippen molar-refractivity contribution in [2.75, 3.05) is 0 Å². The molecule has 2 rings (SSSR count). The van der Waals surface area contributed by atoms with Crippen molar-refractivity contribution >= 4 is 0 Å². The molecule has 0 aliphatic heterocycles. The number of hydrogen-bond acceptors (Lipinski definition) is 1. The van der Waals surface area contributed by atoms with Gasteiger partial charge in [0.2, 0.25) is 0 Å². The maximum atomic E-state index is 8.84. The normalized spacial score (nSPS) is 36.1. The smallest absolute Gasteiger partial charge is 0.0659 e. The van der Waals surface area contributed by atoms with Crippen LogP contribution in [0.5, 0.6) is 0 Å². The van der Waals surface area contributed by atoms with Gasteiger partial charge in [-0.05, 0) is 43.9 Å². The summed E-state index contributed by atoms with van der Waals surface area (Å²) in [4.78, 5) is 0. The van der Waals surface area contributed by atoms with E-state index in [4.69, 9.17) is 5.26 Å². The monoisotopic (exact) mass is 161 g/mol. The largest absolute Gasteiger partial charge is 0.198 e. The molecule has 1 nitrogen and oxygen atoms in total. The molecule has 2 saturated carbocycles. The van der Waals surface area contributed by atoms with E-state index in [1.807, 2.05) is 0 Å². The van der Waals surface area contributed by atoms with Crippen molar-refractivity contribution in [1.82, 2.24) is 0 Å². The van der Waals surface area contributed by atoms with Gasteiger partial charge in [-0.1, -0.05) is 12.2 Å². The zero-order chi connectivity index (χ0) is 8.55. The highest BCUT2D eigenvalue weighted by Crippen LogP contribution is 2.46. The molecule has 1 heteroatoms. The third-order valence-corrected chi connectivity index (χ3v) is 3.14. The average molecular weight is 161 g/mol. The van der Waals surface area contributed by atoms with Gasteiger partial charge in [0, 0.05) is 0 Å². The van der Waals surface area contributed by atoms with Gasteiger partial charge in [0.1, 0.15) is 0 Å². The first-order valence-electron chi connectivity index (χ1n) is 4.86. The minimum absolute atomic E-state index is 0.275. The lowest BCUT2D eigenvalue weighted by Gasteiger charge is -2.26. The topological polar surface area (TPSA) is 23.8 Å². The predicted molar refractivity (Wildman–Crippen MR) is 48.3 cm³/mol. The molecule has 0 N–H and O–H groups in total. The SMILES string of the molecule is C=C1CC(C#N)CC(C2CC2)C1. The zero-order valence-corrected chi connectivity index (χ0v) is 7.42. The lowest BCUT2D eigenvalue weighted by Crippen LogP contribution is -2.17. The van der Waals surface area contributed by atoms with E-state index in [0.717, 1.165) is 24.7 Å². The first-order valence-corrected chi connectivity index (χ1v) is 4.86. The van der Waals surface area contributed by atoms with Crippen LogP contribution in [0.1, 0.15) is 32.1 Å². The fourth-order valence-corrected chi connectivity index (χ4v) is 2.36. The summed E-state index contributed by atoms with van der Waals surface area (Å²) >= 11 is 0. The summed E-state index contributed by atoms with van der Waals surface area (Å²) in [6, 6.07) is 2.39. The first-order chi connectivity index (χ1) is 5.79. The van der Waals surface area contributed by atoms with E-state index < -0.39 is 0 Å². The zero-order valence-electron chi connectivity index (χ0n) is 7.42. The molecule has 0 aromatic rings. The number of rotatable bonds is 1. The van der Waals surface area contributed by atoms with Crippen molar-refractivity contribution in [2.45, 2.75) is 32.1 Å². The third-order valence-electron chi connectivity index (χ3n) is 3.14. The highest BCUT2D eigenvalue weighted by atomic mass is 14.4. The van der Waals surface area contributed by atoms with Gasteiger partial charge < -0.3 is 0 Å². The highest BCUT2D eigenvalue weighted by Gasteiger charge is 2.35. The average Bonchev–Trinajstić information content (AvgIpc) is 2.85. The van der Waals surface area contributed by atoms with Gasteiger partial charge in [0.25, 0.3) is 0 Å². The Morgan fingerprint density at radius 2 is 2.00 bits per heavy atom. The van der Waals surface area contributed by atoms with Crippen LogP contribution in [-0.4, -0.2) is 0 Å². The molecule has 2 unspecified atom stereocenters. The second-order valence-corrected chi connectivity index (χ2v) is 4.32. The second kappa shape index (κ2) is 2.94. The van der Waals surface area contributed by atoms with Crippen molar-refractivity contribution < 1.29 is 0 Å². The first kappa shape index (κ1) is 7.86. The molecular formula is C11H15N. The van der Waals surface area contributed by atoms with Crippen LogP contribution in [0.25, 0.3) is 0 Å². The molecule has 2 aliphatic rings. The van der Waals surface area contributed by atoms with Crippen LogP contribution in [0.4, 0.5) is 0 Å². The van der Waals surface area contributed by atoms with Gasteiger partial charge in [-0.2, -0.15) is 5.26 Å². The molecule has 2 fully saturated rings. The standard InChI is InChI=1S/C11H15N/c1-8-4-9(7-12)6-11(5-8)10-2-3-10/h9-11H,1-6H2. The van der Waals surface area contributed by atoms with Crippen molar-refractivity contribution in [1.29, 1.82) is 5.26 Å². The molecule has 0 amide bonds. The third kappa shape index (κ3) is 1.53. The van der Waals surface area contributed by atoms with Gasteiger partial charge >= 0.3 is 0 Å². The summed E-state index contributed by atoms with van der Waals surface area (Å²) in [6.07, 6.45) is 6.09. The van der Waals surface area contributed by atoms with Crippen LogP contribution in [0.3, 0.4) is 0 Å². The molecule has 0 saturated heterocycles. The Morgan fingerprint density at radius 3 is 2.58 bits per heavy atom. The molecule has 0 heterocycles. The van der Waals surface area contributed by atoms with E-state index in [-0.39, 0.29) is 5.92 Å². The molecule has 0 radical (unpaired) electrons. The van der Waals surface area contributed by atoms with E-state index in [9.17, 15) is 0 Å². The molecule has 12 heavy (non-hydrogen) atoms. The molecule has 0 aromatic heterocycles. The Morgan fingerprint density at radius 1 is 1.25 bits per heavy atom. The summed E-state index contributed by atoms with van der Waals surface area (Å²) in [7, 11) is 0. The summed E-state index contributed by atoms with van der Waals surface area (Å²) < 4.78 is 0. The predicted octanol–water partition coefficient (Wildman–Crippen LogP) is 2.89. The molecule has 2 atom stereocenters. The van der Waals surface area contributed by atoms with E-state index in [1.165, 1.54) is 24.8 Å². The van der Waals surface area contributed by atoms with E-state index in [1.54, 1.807) is 0 Å². The number of hydrogen-bond donors (Lipinski definition) is 0. The van der Waals surface area contributed by atoms with Crippen LogP contribution < -0.4 is 0 Å². The van der Waals surface area contributed by atoms with Gasteiger partial charge in [0.15, 0.2) is 0 Å². The van der Waals surface area contributed by atoms with Gasteiger partial charge in [-0.3, -0.25) is 0 Å². The fraction of sp³-hybridized carbons (Fsp3) is 0.727. The molecular weight excluding hydrogens is 146 g/mol. The Labute approximate surface area is 74.1 Å². The van der Waals surface area contributed by atoms with Crippen molar-refractivity contribution in [3.8, 4) is 6.07 Å². The molecule has 2 aliphatic carbocycles. The Balaban J connectivity index is 1.98. The summed E-state index contributed by atoms with van der Waals surface area (Å²) in [5.74, 6) is 2.02. The lowest BCUT2D eigenvalue weighted by molar-refractivity contribution is 0.331. The minimum atomic E-state index is 0.275. The second-order valence-electron chi connectivity index (χ2n) is 4.32. The Hall–Kier alpha value is -0.770.